The zero-order valence-electron chi connectivity index (χ0n) is 22.0. The number of hydrogen-bond acceptors (Lipinski definition) is 9. The number of aromatic nitrogens is 5. The van der Waals surface area contributed by atoms with E-state index in [1.807, 2.05) is 24.3 Å². The molecular weight excluding hydrogens is 484 g/mol. The molecule has 5 rings (SSSR count). The Balaban J connectivity index is 1.29. The average molecular weight is 517 g/mol. The summed E-state index contributed by atoms with van der Waals surface area (Å²) in [6, 6.07) is 10.8. The summed E-state index contributed by atoms with van der Waals surface area (Å²) in [6.07, 6.45) is 7.37. The number of piperidine rings is 1. The second kappa shape index (κ2) is 11.1. The first kappa shape index (κ1) is 25.6. The maximum Gasteiger partial charge on any atom is 0.261 e. The molecule has 10 nitrogen and oxygen atoms in total. The van der Waals surface area contributed by atoms with Gasteiger partial charge in [-0.05, 0) is 42.0 Å². The molecule has 0 N–H and O–H groups in total. The summed E-state index contributed by atoms with van der Waals surface area (Å²) < 4.78 is 17.8. The number of nitrogens with zero attached hydrogens (tertiary/aromatic N) is 6. The van der Waals surface area contributed by atoms with Crippen LogP contribution in [0.5, 0.6) is 5.75 Å². The lowest BCUT2D eigenvalue weighted by Gasteiger charge is -2.36. The standard InChI is InChI=1S/C28H32N6O4/c1-28(2)9-11-33(12-10-28)27-29-16-22(17-30-27)26-31-25(32-38-26)21-7-8-24(35)34(19-21)18-20-5-4-6-23(15-20)37-14-13-36-3/h4-8,15-17,19H,9-14,18H2,1-3H3. The first-order chi connectivity index (χ1) is 18.4. The zero-order chi connectivity index (χ0) is 26.5. The Hall–Kier alpha value is -4.05. The molecule has 0 amide bonds. The molecule has 1 fully saturated rings. The Morgan fingerprint density at radius 3 is 2.58 bits per heavy atom. The van der Waals surface area contributed by atoms with Crippen molar-refractivity contribution in [1.29, 1.82) is 0 Å². The van der Waals surface area contributed by atoms with Gasteiger partial charge in [0.05, 0.1) is 18.7 Å². The van der Waals surface area contributed by atoms with Gasteiger partial charge in [0.1, 0.15) is 12.4 Å². The van der Waals surface area contributed by atoms with Crippen molar-refractivity contribution in [2.45, 2.75) is 33.2 Å². The Morgan fingerprint density at radius 1 is 1.03 bits per heavy atom. The molecule has 1 aliphatic rings. The van der Waals surface area contributed by atoms with Gasteiger partial charge in [0.25, 0.3) is 11.4 Å². The first-order valence-electron chi connectivity index (χ1n) is 12.7. The van der Waals surface area contributed by atoms with E-state index < -0.39 is 0 Å². The third-order valence-electron chi connectivity index (χ3n) is 6.76. The lowest BCUT2D eigenvalue weighted by molar-refractivity contribution is 0.146. The summed E-state index contributed by atoms with van der Waals surface area (Å²) in [5, 5.41) is 4.13. The third-order valence-corrected chi connectivity index (χ3v) is 6.76. The van der Waals surface area contributed by atoms with Crippen molar-refractivity contribution in [3.63, 3.8) is 0 Å². The van der Waals surface area contributed by atoms with Crippen molar-refractivity contribution in [2.24, 2.45) is 5.41 Å². The van der Waals surface area contributed by atoms with E-state index in [1.165, 1.54) is 6.07 Å². The summed E-state index contributed by atoms with van der Waals surface area (Å²) in [5.41, 5.74) is 2.47. The number of hydrogen-bond donors (Lipinski definition) is 0. The molecule has 4 heterocycles. The molecule has 1 aliphatic heterocycles. The normalized spacial score (nSPS) is 15.0. The van der Waals surface area contributed by atoms with E-state index in [-0.39, 0.29) is 5.56 Å². The van der Waals surface area contributed by atoms with E-state index in [9.17, 15) is 4.79 Å². The number of benzene rings is 1. The van der Waals surface area contributed by atoms with Gasteiger partial charge in [0, 0.05) is 50.4 Å². The molecule has 38 heavy (non-hydrogen) atoms. The van der Waals surface area contributed by atoms with Gasteiger partial charge in [-0.2, -0.15) is 4.98 Å². The largest absolute Gasteiger partial charge is 0.491 e. The zero-order valence-corrected chi connectivity index (χ0v) is 22.0. The lowest BCUT2D eigenvalue weighted by Crippen LogP contribution is -2.38. The molecule has 0 aliphatic carbocycles. The molecule has 0 radical (unpaired) electrons. The Kier molecular flexibility index (Phi) is 7.50. The predicted molar refractivity (Wildman–Crippen MR) is 143 cm³/mol. The van der Waals surface area contributed by atoms with E-state index in [2.05, 4.69) is 38.9 Å². The molecule has 0 saturated carbocycles. The predicted octanol–water partition coefficient (Wildman–Crippen LogP) is 4.06. The van der Waals surface area contributed by atoms with Crippen LogP contribution in [0.2, 0.25) is 0 Å². The van der Waals surface area contributed by atoms with Crippen LogP contribution in [0, 0.1) is 5.41 Å². The van der Waals surface area contributed by atoms with Gasteiger partial charge in [-0.3, -0.25) is 4.79 Å². The molecule has 198 valence electrons. The van der Waals surface area contributed by atoms with Crippen molar-refractivity contribution in [2.75, 3.05) is 38.3 Å². The summed E-state index contributed by atoms with van der Waals surface area (Å²) in [6.45, 7) is 7.82. The molecule has 10 heteroatoms. The first-order valence-corrected chi connectivity index (χ1v) is 12.7. The van der Waals surface area contributed by atoms with Crippen molar-refractivity contribution in [3.05, 3.63) is 70.9 Å². The Morgan fingerprint density at radius 2 is 1.82 bits per heavy atom. The van der Waals surface area contributed by atoms with Gasteiger partial charge in [-0.1, -0.05) is 31.1 Å². The van der Waals surface area contributed by atoms with E-state index >= 15 is 0 Å². The second-order valence-electron chi connectivity index (χ2n) is 10.2. The summed E-state index contributed by atoms with van der Waals surface area (Å²) in [7, 11) is 1.63. The molecule has 0 unspecified atom stereocenters. The van der Waals surface area contributed by atoms with Gasteiger partial charge >= 0.3 is 0 Å². The number of ether oxygens (including phenoxy) is 2. The summed E-state index contributed by atoms with van der Waals surface area (Å²) in [4.78, 5) is 28.4. The molecule has 0 atom stereocenters. The van der Waals surface area contributed by atoms with Gasteiger partial charge in [-0.25, -0.2) is 9.97 Å². The number of rotatable bonds is 9. The molecular formula is C28H32N6O4. The van der Waals surface area contributed by atoms with Crippen LogP contribution in [0.3, 0.4) is 0 Å². The maximum absolute atomic E-state index is 12.6. The summed E-state index contributed by atoms with van der Waals surface area (Å²) >= 11 is 0. The molecule has 1 saturated heterocycles. The van der Waals surface area contributed by atoms with Gasteiger partial charge in [0.15, 0.2) is 0 Å². The fourth-order valence-electron chi connectivity index (χ4n) is 4.33. The highest BCUT2D eigenvalue weighted by Crippen LogP contribution is 2.31. The van der Waals surface area contributed by atoms with Crippen LogP contribution in [0.4, 0.5) is 5.95 Å². The van der Waals surface area contributed by atoms with E-state index in [0.717, 1.165) is 37.2 Å². The van der Waals surface area contributed by atoms with Crippen LogP contribution in [-0.2, 0) is 11.3 Å². The van der Waals surface area contributed by atoms with Crippen LogP contribution in [0.15, 0.2) is 64.3 Å². The smallest absolute Gasteiger partial charge is 0.261 e. The minimum atomic E-state index is -0.131. The van der Waals surface area contributed by atoms with Gasteiger partial charge in [-0.15, -0.1) is 0 Å². The fourth-order valence-corrected chi connectivity index (χ4v) is 4.33. The fraction of sp³-hybridized carbons (Fsp3) is 0.393. The quantitative estimate of drug-likeness (QED) is 0.304. The van der Waals surface area contributed by atoms with Gasteiger partial charge in [0.2, 0.25) is 11.8 Å². The highest BCUT2D eigenvalue weighted by Gasteiger charge is 2.26. The number of anilines is 1. The lowest BCUT2D eigenvalue weighted by atomic mass is 9.83. The molecule has 0 bridgehead atoms. The minimum absolute atomic E-state index is 0.131. The Bertz CT molecular complexity index is 1420. The number of methoxy groups -OCH3 is 1. The van der Waals surface area contributed by atoms with Crippen molar-refractivity contribution in [3.8, 4) is 28.6 Å². The van der Waals surface area contributed by atoms with E-state index in [1.54, 1.807) is 36.3 Å². The van der Waals surface area contributed by atoms with Crippen LogP contribution in [0.1, 0.15) is 32.3 Å². The van der Waals surface area contributed by atoms with Gasteiger partial charge < -0.3 is 23.5 Å². The molecule has 3 aromatic heterocycles. The van der Waals surface area contributed by atoms with E-state index in [0.29, 0.717) is 54.0 Å². The second-order valence-corrected chi connectivity index (χ2v) is 10.2. The highest BCUT2D eigenvalue weighted by atomic mass is 16.5. The topological polar surface area (TPSA) is 108 Å². The number of pyridine rings is 1. The maximum atomic E-state index is 12.6. The SMILES string of the molecule is COCCOc1cccc(Cn2cc(-c3noc(-c4cnc(N5CCC(C)(C)CC5)nc4)n3)ccc2=O)c1. The van der Waals surface area contributed by atoms with Crippen LogP contribution < -0.4 is 15.2 Å². The highest BCUT2D eigenvalue weighted by molar-refractivity contribution is 5.58. The van der Waals surface area contributed by atoms with Crippen LogP contribution in [0.25, 0.3) is 22.8 Å². The average Bonchev–Trinajstić information content (AvgIpc) is 3.41. The third kappa shape index (κ3) is 6.08. The van der Waals surface area contributed by atoms with Crippen molar-refractivity contribution < 1.29 is 14.0 Å². The molecule has 4 aromatic rings. The van der Waals surface area contributed by atoms with Crippen molar-refractivity contribution in [1.82, 2.24) is 24.7 Å². The van der Waals surface area contributed by atoms with Crippen molar-refractivity contribution >= 4 is 5.95 Å². The molecule has 1 aromatic carbocycles. The van der Waals surface area contributed by atoms with Crippen LogP contribution >= 0.6 is 0 Å². The molecule has 0 spiro atoms. The Labute approximate surface area is 221 Å². The minimum Gasteiger partial charge on any atom is -0.491 e. The van der Waals surface area contributed by atoms with Crippen LogP contribution in [-0.4, -0.2) is 58.1 Å². The summed E-state index contributed by atoms with van der Waals surface area (Å²) in [5.74, 6) is 2.14. The monoisotopic (exact) mass is 516 g/mol. The van der Waals surface area contributed by atoms with E-state index in [4.69, 9.17) is 14.0 Å².